The van der Waals surface area contributed by atoms with Crippen LogP contribution >= 0.6 is 11.8 Å². The van der Waals surface area contributed by atoms with E-state index in [9.17, 15) is 4.79 Å². The normalized spacial score (nSPS) is 16.6. The zero-order valence-corrected chi connectivity index (χ0v) is 17.3. The standard InChI is InChI=1S/C21H24N2O4S/c1-5-19-20(15-8-11-17(26-3)18(12-15)27-4)22-23(21(24)28-19)13-14-6-9-16(25-2)10-7-14/h6-12,19H,5,13H2,1-4H3. The number of benzene rings is 2. The van der Waals surface area contributed by atoms with Crippen molar-refractivity contribution >= 4 is 22.7 Å². The number of nitrogens with zero attached hydrogens (tertiary/aromatic N) is 2. The maximum atomic E-state index is 12.6. The maximum Gasteiger partial charge on any atom is 0.302 e. The molecule has 7 heteroatoms. The maximum absolute atomic E-state index is 12.6. The third-order valence-corrected chi connectivity index (χ3v) is 5.78. The van der Waals surface area contributed by atoms with Crippen LogP contribution in [0.4, 0.5) is 4.79 Å². The molecule has 3 rings (SSSR count). The van der Waals surface area contributed by atoms with E-state index in [1.807, 2.05) is 42.5 Å². The Kier molecular flexibility index (Phi) is 6.46. The van der Waals surface area contributed by atoms with Crippen LogP contribution in [0.2, 0.25) is 0 Å². The fourth-order valence-electron chi connectivity index (χ4n) is 2.99. The van der Waals surface area contributed by atoms with Crippen LogP contribution in [0.15, 0.2) is 47.6 Å². The highest BCUT2D eigenvalue weighted by atomic mass is 32.2. The van der Waals surface area contributed by atoms with Crippen LogP contribution in [-0.4, -0.2) is 42.5 Å². The van der Waals surface area contributed by atoms with Gasteiger partial charge in [-0.25, -0.2) is 5.01 Å². The summed E-state index contributed by atoms with van der Waals surface area (Å²) in [7, 11) is 4.84. The molecule has 2 aromatic rings. The van der Waals surface area contributed by atoms with Crippen molar-refractivity contribution in [3.05, 3.63) is 53.6 Å². The lowest BCUT2D eigenvalue weighted by Gasteiger charge is -2.28. The zero-order valence-electron chi connectivity index (χ0n) is 16.5. The second kappa shape index (κ2) is 9.01. The molecule has 28 heavy (non-hydrogen) atoms. The van der Waals surface area contributed by atoms with Crippen LogP contribution in [0.5, 0.6) is 17.2 Å². The van der Waals surface area contributed by atoms with Crippen molar-refractivity contribution in [3.8, 4) is 17.2 Å². The first-order valence-corrected chi connectivity index (χ1v) is 9.89. The van der Waals surface area contributed by atoms with Gasteiger partial charge in [-0.2, -0.15) is 5.10 Å². The van der Waals surface area contributed by atoms with E-state index in [0.29, 0.717) is 18.0 Å². The third-order valence-electron chi connectivity index (χ3n) is 4.53. The molecule has 1 atom stereocenters. The monoisotopic (exact) mass is 400 g/mol. The van der Waals surface area contributed by atoms with Gasteiger partial charge >= 0.3 is 5.24 Å². The molecule has 148 valence electrons. The first kappa shape index (κ1) is 20.1. The SMILES string of the molecule is CCC1SC(=O)N(Cc2ccc(OC)cc2)N=C1c1ccc(OC)c(OC)c1. The quantitative estimate of drug-likeness (QED) is 0.682. The van der Waals surface area contributed by atoms with Gasteiger partial charge in [0, 0.05) is 5.56 Å². The summed E-state index contributed by atoms with van der Waals surface area (Å²) in [5.74, 6) is 2.08. The second-order valence-corrected chi connectivity index (χ2v) is 7.40. The largest absolute Gasteiger partial charge is 0.497 e. The fraction of sp³-hybridized carbons (Fsp3) is 0.333. The minimum Gasteiger partial charge on any atom is -0.497 e. The van der Waals surface area contributed by atoms with Crippen molar-refractivity contribution in [1.29, 1.82) is 0 Å². The Bertz CT molecular complexity index is 867. The van der Waals surface area contributed by atoms with Crippen molar-refractivity contribution in [2.75, 3.05) is 21.3 Å². The second-order valence-electron chi connectivity index (χ2n) is 6.24. The number of hydrogen-bond donors (Lipinski definition) is 0. The molecular formula is C21H24N2O4S. The third kappa shape index (κ3) is 4.25. The van der Waals surface area contributed by atoms with Crippen molar-refractivity contribution in [3.63, 3.8) is 0 Å². The van der Waals surface area contributed by atoms with E-state index in [-0.39, 0.29) is 10.5 Å². The Morgan fingerprint density at radius 1 is 1.00 bits per heavy atom. The summed E-state index contributed by atoms with van der Waals surface area (Å²) in [6.07, 6.45) is 0.806. The van der Waals surface area contributed by atoms with Crippen LogP contribution in [-0.2, 0) is 6.54 Å². The van der Waals surface area contributed by atoms with E-state index in [1.54, 1.807) is 21.3 Å². The van der Waals surface area contributed by atoms with Crippen LogP contribution in [0, 0.1) is 0 Å². The lowest BCUT2D eigenvalue weighted by atomic mass is 10.0. The molecule has 0 aromatic heterocycles. The number of thioether (sulfide) groups is 1. The molecule has 0 bridgehead atoms. The highest BCUT2D eigenvalue weighted by molar-refractivity contribution is 8.14. The molecule has 6 nitrogen and oxygen atoms in total. The Labute approximate surface area is 169 Å². The summed E-state index contributed by atoms with van der Waals surface area (Å²) in [5, 5.41) is 6.17. The number of carbonyl (C=O) groups excluding carboxylic acids is 1. The topological polar surface area (TPSA) is 60.4 Å². The summed E-state index contributed by atoms with van der Waals surface area (Å²) in [6.45, 7) is 2.46. The number of ether oxygens (including phenoxy) is 3. The molecule has 0 aliphatic carbocycles. The molecule has 0 saturated carbocycles. The number of hydrogen-bond acceptors (Lipinski definition) is 6. The Hall–Kier alpha value is -2.67. The highest BCUT2D eigenvalue weighted by Gasteiger charge is 2.30. The molecule has 2 aromatic carbocycles. The van der Waals surface area contributed by atoms with Gasteiger partial charge in [-0.15, -0.1) is 0 Å². The van der Waals surface area contributed by atoms with Gasteiger partial charge in [-0.1, -0.05) is 30.8 Å². The van der Waals surface area contributed by atoms with Gasteiger partial charge in [-0.05, 0) is 42.3 Å². The van der Waals surface area contributed by atoms with Gasteiger partial charge in [0.1, 0.15) is 5.75 Å². The molecule has 1 amide bonds. The van der Waals surface area contributed by atoms with E-state index in [4.69, 9.17) is 19.3 Å². The number of methoxy groups -OCH3 is 3. The van der Waals surface area contributed by atoms with Crippen LogP contribution < -0.4 is 14.2 Å². The number of carbonyl (C=O) groups is 1. The predicted molar refractivity (Wildman–Crippen MR) is 112 cm³/mol. The van der Waals surface area contributed by atoms with E-state index in [0.717, 1.165) is 29.0 Å². The predicted octanol–water partition coefficient (Wildman–Crippen LogP) is 4.56. The van der Waals surface area contributed by atoms with Gasteiger partial charge in [-0.3, -0.25) is 4.79 Å². The minimum absolute atomic E-state index is 0.00211. The van der Waals surface area contributed by atoms with E-state index < -0.39 is 0 Å². The van der Waals surface area contributed by atoms with Crippen molar-refractivity contribution in [2.24, 2.45) is 5.10 Å². The van der Waals surface area contributed by atoms with Crippen molar-refractivity contribution in [2.45, 2.75) is 25.1 Å². The van der Waals surface area contributed by atoms with E-state index >= 15 is 0 Å². The minimum atomic E-state index is -0.0492. The summed E-state index contributed by atoms with van der Waals surface area (Å²) < 4.78 is 15.9. The van der Waals surface area contributed by atoms with Gasteiger partial charge in [0.05, 0.1) is 38.8 Å². The van der Waals surface area contributed by atoms with Gasteiger partial charge in [0.15, 0.2) is 11.5 Å². The number of amides is 1. The Morgan fingerprint density at radius 3 is 2.32 bits per heavy atom. The summed E-state index contributed by atoms with van der Waals surface area (Å²) in [5.41, 5.74) is 2.77. The van der Waals surface area contributed by atoms with Gasteiger partial charge in [0.25, 0.3) is 0 Å². The lowest BCUT2D eigenvalue weighted by molar-refractivity contribution is 0.222. The lowest BCUT2D eigenvalue weighted by Crippen LogP contribution is -2.34. The van der Waals surface area contributed by atoms with Gasteiger partial charge in [0.2, 0.25) is 0 Å². The molecule has 0 fully saturated rings. The molecule has 0 saturated heterocycles. The molecule has 1 aliphatic heterocycles. The summed E-state index contributed by atoms with van der Waals surface area (Å²) in [4.78, 5) is 12.6. The highest BCUT2D eigenvalue weighted by Crippen LogP contribution is 2.33. The Morgan fingerprint density at radius 2 is 1.71 bits per heavy atom. The molecule has 0 N–H and O–H groups in total. The summed E-state index contributed by atoms with van der Waals surface area (Å²) >= 11 is 1.31. The van der Waals surface area contributed by atoms with Crippen LogP contribution in [0.1, 0.15) is 24.5 Å². The van der Waals surface area contributed by atoms with Crippen molar-refractivity contribution < 1.29 is 19.0 Å². The zero-order chi connectivity index (χ0) is 20.1. The number of hydrazone groups is 1. The van der Waals surface area contributed by atoms with Crippen molar-refractivity contribution in [1.82, 2.24) is 5.01 Å². The summed E-state index contributed by atoms with van der Waals surface area (Å²) in [6, 6.07) is 13.4. The number of rotatable bonds is 7. The molecule has 0 radical (unpaired) electrons. The molecular weight excluding hydrogens is 376 g/mol. The first-order valence-electron chi connectivity index (χ1n) is 9.01. The fourth-order valence-corrected chi connectivity index (χ4v) is 3.93. The average Bonchev–Trinajstić information content (AvgIpc) is 2.74. The van der Waals surface area contributed by atoms with E-state index in [2.05, 4.69) is 6.92 Å². The Balaban J connectivity index is 1.92. The molecule has 1 heterocycles. The first-order chi connectivity index (χ1) is 13.6. The average molecular weight is 401 g/mol. The van der Waals surface area contributed by atoms with Crippen LogP contribution in [0.3, 0.4) is 0 Å². The van der Waals surface area contributed by atoms with E-state index in [1.165, 1.54) is 16.8 Å². The smallest absolute Gasteiger partial charge is 0.302 e. The van der Waals surface area contributed by atoms with Crippen LogP contribution in [0.25, 0.3) is 0 Å². The molecule has 0 spiro atoms. The molecule has 1 unspecified atom stereocenters. The van der Waals surface area contributed by atoms with Gasteiger partial charge < -0.3 is 14.2 Å². The molecule has 1 aliphatic rings.